The second-order valence-corrected chi connectivity index (χ2v) is 3.24. The monoisotopic (exact) mass is 263 g/mol. The van der Waals surface area contributed by atoms with E-state index in [1.807, 2.05) is 0 Å². The van der Waals surface area contributed by atoms with Crippen molar-refractivity contribution in [2.75, 3.05) is 0 Å². The Balaban J connectivity index is -0.000000392. The molecule has 0 heterocycles. The van der Waals surface area contributed by atoms with Crippen LogP contribution in [0.2, 0.25) is 0 Å². The van der Waals surface area contributed by atoms with Crippen LogP contribution in [0.1, 0.15) is 34.6 Å². The zero-order chi connectivity index (χ0) is 14.4. The Labute approximate surface area is 104 Å². The van der Waals surface area contributed by atoms with Crippen molar-refractivity contribution < 1.29 is 39.0 Å². The average molecular weight is 263 g/mol. The van der Waals surface area contributed by atoms with Crippen molar-refractivity contribution in [1.82, 2.24) is 0 Å². The third-order valence-electron chi connectivity index (χ3n) is 1.89. The maximum atomic E-state index is 11.1. The van der Waals surface area contributed by atoms with Crippen LogP contribution in [0, 0.1) is 0 Å². The molecule has 0 aliphatic carbocycles. The van der Waals surface area contributed by atoms with E-state index in [1.165, 1.54) is 0 Å². The van der Waals surface area contributed by atoms with Gasteiger partial charge in [0.05, 0.1) is 27.7 Å². The molecule has 18 heavy (non-hydrogen) atoms. The highest BCUT2D eigenvalue weighted by atomic mass is 16.4. The fraction of sp³-hybridized carbons (Fsp3) is 0.500. The van der Waals surface area contributed by atoms with Crippen molar-refractivity contribution in [3.8, 4) is 0 Å². The van der Waals surface area contributed by atoms with Gasteiger partial charge in [-0.1, -0.05) is 4.48 Å². The van der Waals surface area contributed by atoms with E-state index in [0.29, 0.717) is 0 Å². The Morgan fingerprint density at radius 1 is 0.667 bits per heavy atom. The van der Waals surface area contributed by atoms with Crippen LogP contribution < -0.4 is 5.11 Å². The number of quaternary nitrogens is 1. The largest absolute Gasteiger partial charge is 0.550 e. The zero-order valence-corrected chi connectivity index (χ0v) is 10.9. The Kier molecular flexibility index (Phi) is 9.74. The number of rotatable bonds is 0. The van der Waals surface area contributed by atoms with Crippen LogP contribution in [0.15, 0.2) is 0 Å². The van der Waals surface area contributed by atoms with E-state index in [-0.39, 0.29) is 5.48 Å². The van der Waals surface area contributed by atoms with E-state index in [9.17, 15) is 19.2 Å². The van der Waals surface area contributed by atoms with Crippen molar-refractivity contribution in [2.24, 2.45) is 0 Å². The molecule has 104 valence electrons. The van der Waals surface area contributed by atoms with Crippen molar-refractivity contribution >= 4 is 29.6 Å². The summed E-state index contributed by atoms with van der Waals surface area (Å²) in [6.07, 6.45) is 0. The molecule has 0 spiro atoms. The van der Waals surface area contributed by atoms with Gasteiger partial charge in [0, 0.05) is 5.97 Å². The lowest BCUT2D eigenvalue weighted by Crippen LogP contribution is -2.61. The number of imide groups is 6. The van der Waals surface area contributed by atoms with Gasteiger partial charge in [-0.15, -0.1) is 0 Å². The summed E-state index contributed by atoms with van der Waals surface area (Å²) in [4.78, 5) is 53.3. The summed E-state index contributed by atoms with van der Waals surface area (Å²) in [5.74, 6) is -4.17. The van der Waals surface area contributed by atoms with Crippen LogP contribution >= 0.6 is 0 Å². The van der Waals surface area contributed by atoms with Crippen LogP contribution in [0.4, 0.5) is 0 Å². The molecule has 2 N–H and O–H groups in total. The van der Waals surface area contributed by atoms with Gasteiger partial charge in [0.2, 0.25) is 0 Å². The number of hydrogen-bond acceptors (Lipinski definition) is 6. The number of carbonyl (C=O) groups is 5. The van der Waals surface area contributed by atoms with Gasteiger partial charge in [-0.2, -0.15) is 0 Å². The normalized spacial score (nSPS) is 9.17. The number of carboxylic acids is 1. The summed E-state index contributed by atoms with van der Waals surface area (Å²) < 4.78 is -1.33. The van der Waals surface area contributed by atoms with Crippen molar-refractivity contribution in [3.63, 3.8) is 0 Å². The quantitative estimate of drug-likeness (QED) is 0.459. The van der Waals surface area contributed by atoms with E-state index in [1.54, 1.807) is 0 Å². The molecule has 0 fully saturated rings. The minimum absolute atomic E-state index is 0. The topological polar surface area (TPSA) is 140 Å². The first-order valence-electron chi connectivity index (χ1n) is 4.62. The molecule has 0 aliphatic rings. The summed E-state index contributed by atoms with van der Waals surface area (Å²) in [6, 6.07) is 0. The first-order valence-corrected chi connectivity index (χ1v) is 4.62. The highest BCUT2D eigenvalue weighted by Gasteiger charge is 2.49. The molecule has 0 aromatic heterocycles. The molecule has 0 radical (unpaired) electrons. The van der Waals surface area contributed by atoms with Crippen molar-refractivity contribution in [1.29, 1.82) is 0 Å². The highest BCUT2D eigenvalue weighted by molar-refractivity contribution is 6.07. The average Bonchev–Trinajstić information content (AvgIpc) is 1.98. The SMILES string of the molecule is CC(=O)[N+](C(C)=O)(C(C)=O)C(C)=O.CC(=O)[O-].O. The highest BCUT2D eigenvalue weighted by Crippen LogP contribution is 2.10. The van der Waals surface area contributed by atoms with Gasteiger partial charge in [-0.3, -0.25) is 0 Å². The molecule has 4 amide bonds. The fourth-order valence-corrected chi connectivity index (χ4v) is 1.33. The predicted octanol–water partition coefficient (Wildman–Crippen LogP) is -2.08. The third-order valence-corrected chi connectivity index (χ3v) is 1.89. The summed E-state index contributed by atoms with van der Waals surface area (Å²) in [7, 11) is 0. The molecular weight excluding hydrogens is 246 g/mol. The molecule has 8 heteroatoms. The summed E-state index contributed by atoms with van der Waals surface area (Å²) in [5.41, 5.74) is 0. The van der Waals surface area contributed by atoms with Gasteiger partial charge in [0.25, 0.3) is 0 Å². The first kappa shape index (κ1) is 21.4. The number of aliphatic carboxylic acids is 1. The lowest BCUT2D eigenvalue weighted by atomic mass is 10.3. The molecule has 0 rings (SSSR count). The minimum atomic E-state index is -1.33. The van der Waals surface area contributed by atoms with Gasteiger partial charge in [-0.25, -0.2) is 19.2 Å². The van der Waals surface area contributed by atoms with Gasteiger partial charge in [0.15, 0.2) is 0 Å². The van der Waals surface area contributed by atoms with Crippen molar-refractivity contribution in [2.45, 2.75) is 34.6 Å². The second-order valence-electron chi connectivity index (χ2n) is 3.24. The van der Waals surface area contributed by atoms with Crippen LogP contribution in [0.3, 0.4) is 0 Å². The molecule has 0 bridgehead atoms. The van der Waals surface area contributed by atoms with Crippen LogP contribution in [-0.2, 0) is 24.0 Å². The minimum Gasteiger partial charge on any atom is -0.550 e. The van der Waals surface area contributed by atoms with Gasteiger partial charge in [-0.05, 0) is 6.92 Å². The molecular formula is C10H17NO7. The van der Waals surface area contributed by atoms with Crippen LogP contribution in [0.25, 0.3) is 0 Å². The maximum Gasteiger partial charge on any atom is 0.332 e. The van der Waals surface area contributed by atoms with E-state index in [2.05, 4.69) is 0 Å². The number of amides is 4. The molecule has 0 saturated heterocycles. The number of carboxylic acid groups (broad SMARTS) is 1. The standard InChI is InChI=1S/C8H12NO4.C2H4O2.H2O/c1-5(10)9(6(2)11,7(3)12)8(4)13;1-2(3)4;/h1-4H3;1H3,(H,3,4);1H2/q+1;;/p-1. The number of carbonyl (C=O) groups excluding carboxylic acids is 5. The second kappa shape index (κ2) is 8.20. The Bertz CT molecular complexity index is 307. The summed E-state index contributed by atoms with van der Waals surface area (Å²) >= 11 is 0. The molecule has 0 unspecified atom stereocenters. The van der Waals surface area contributed by atoms with E-state index >= 15 is 0 Å². The fourth-order valence-electron chi connectivity index (χ4n) is 1.33. The smallest absolute Gasteiger partial charge is 0.332 e. The molecule has 0 atom stereocenters. The van der Waals surface area contributed by atoms with Crippen LogP contribution in [-0.4, -0.2) is 39.6 Å². The Morgan fingerprint density at radius 3 is 0.778 bits per heavy atom. The van der Waals surface area contributed by atoms with Crippen LogP contribution in [0.5, 0.6) is 0 Å². The summed E-state index contributed by atoms with van der Waals surface area (Å²) in [6.45, 7) is 5.16. The number of hydrogen-bond donors (Lipinski definition) is 0. The maximum absolute atomic E-state index is 11.1. The van der Waals surface area contributed by atoms with E-state index in [0.717, 1.165) is 34.6 Å². The van der Waals surface area contributed by atoms with E-state index < -0.39 is 34.1 Å². The molecule has 0 aliphatic heterocycles. The molecule has 0 aromatic carbocycles. The predicted molar refractivity (Wildman–Crippen MR) is 57.3 cm³/mol. The lowest BCUT2D eigenvalue weighted by Gasteiger charge is -2.22. The van der Waals surface area contributed by atoms with Crippen molar-refractivity contribution in [3.05, 3.63) is 0 Å². The first-order chi connectivity index (χ1) is 7.51. The van der Waals surface area contributed by atoms with E-state index in [4.69, 9.17) is 9.90 Å². The lowest BCUT2D eigenvalue weighted by molar-refractivity contribution is -0.624. The molecule has 8 nitrogen and oxygen atoms in total. The van der Waals surface area contributed by atoms with Gasteiger partial charge < -0.3 is 15.4 Å². The van der Waals surface area contributed by atoms with Gasteiger partial charge in [0.1, 0.15) is 0 Å². The molecule has 0 aromatic rings. The Hall–Kier alpha value is -1.93. The summed E-state index contributed by atoms with van der Waals surface area (Å²) in [5, 5.41) is 8.89. The number of nitrogens with zero attached hydrogens (tertiary/aromatic N) is 1. The Morgan fingerprint density at radius 2 is 0.778 bits per heavy atom. The van der Waals surface area contributed by atoms with Gasteiger partial charge >= 0.3 is 23.6 Å². The zero-order valence-electron chi connectivity index (χ0n) is 10.9. The molecule has 0 saturated carbocycles. The third kappa shape index (κ3) is 4.93.